The molecule has 2 aromatic heterocycles. The molecule has 0 bridgehead atoms. The van der Waals surface area contributed by atoms with Crippen LogP contribution in [-0.4, -0.2) is 29.4 Å². The lowest BCUT2D eigenvalue weighted by atomic mass is 10.1. The van der Waals surface area contributed by atoms with Crippen molar-refractivity contribution in [2.45, 2.75) is 38.4 Å². The topological polar surface area (TPSA) is 36.7 Å². The predicted molar refractivity (Wildman–Crippen MR) is 82.5 cm³/mol. The molecule has 5 heteroatoms. The number of rotatable bonds is 3. The van der Waals surface area contributed by atoms with Gasteiger partial charge in [-0.2, -0.15) is 11.3 Å². The zero-order valence-corrected chi connectivity index (χ0v) is 12.8. The van der Waals surface area contributed by atoms with E-state index in [-0.39, 0.29) is 5.91 Å². The van der Waals surface area contributed by atoms with Crippen molar-refractivity contribution in [2.75, 3.05) is 11.4 Å². The molecule has 2 saturated heterocycles. The molecule has 0 aromatic carbocycles. The molecule has 1 amide bonds. The third-order valence-electron chi connectivity index (χ3n) is 4.55. The average molecular weight is 302 g/mol. The fourth-order valence-corrected chi connectivity index (χ4v) is 4.25. The van der Waals surface area contributed by atoms with Crippen molar-refractivity contribution in [3.8, 4) is 0 Å². The molecule has 4 nitrogen and oxygen atoms in total. The summed E-state index contributed by atoms with van der Waals surface area (Å²) in [6.07, 6.45) is 1.67. The quantitative estimate of drug-likeness (QED) is 0.874. The maximum Gasteiger partial charge on any atom is 0.228 e. The van der Waals surface area contributed by atoms with E-state index < -0.39 is 0 Å². The van der Waals surface area contributed by atoms with Crippen LogP contribution in [0.2, 0.25) is 0 Å². The van der Waals surface area contributed by atoms with Crippen LogP contribution in [0.5, 0.6) is 0 Å². The number of anilines is 1. The molecule has 21 heavy (non-hydrogen) atoms. The molecule has 2 aliphatic heterocycles. The van der Waals surface area contributed by atoms with Crippen LogP contribution in [0.25, 0.3) is 0 Å². The monoisotopic (exact) mass is 302 g/mol. The molecule has 4 rings (SSSR count). The number of thiophene rings is 1. The highest BCUT2D eigenvalue weighted by Gasteiger charge is 2.47. The second kappa shape index (κ2) is 5.00. The van der Waals surface area contributed by atoms with Crippen LogP contribution in [0, 0.1) is 6.92 Å². The fraction of sp³-hybridized carbons (Fsp3) is 0.438. The first-order chi connectivity index (χ1) is 10.2. The van der Waals surface area contributed by atoms with E-state index in [0.29, 0.717) is 18.5 Å². The van der Waals surface area contributed by atoms with Gasteiger partial charge < -0.3 is 9.32 Å². The lowest BCUT2D eigenvalue weighted by Gasteiger charge is -2.24. The van der Waals surface area contributed by atoms with Gasteiger partial charge in [0.25, 0.3) is 0 Å². The predicted octanol–water partition coefficient (Wildman–Crippen LogP) is 3.03. The Labute approximate surface area is 128 Å². The van der Waals surface area contributed by atoms with Gasteiger partial charge in [-0.1, -0.05) is 0 Å². The minimum absolute atomic E-state index is 0.253. The van der Waals surface area contributed by atoms with Crippen LogP contribution in [0.3, 0.4) is 0 Å². The summed E-state index contributed by atoms with van der Waals surface area (Å²) in [5.74, 6) is 2.20. The highest BCUT2D eigenvalue weighted by atomic mass is 32.1. The van der Waals surface area contributed by atoms with Crippen LogP contribution in [0.1, 0.15) is 24.4 Å². The second-order valence-corrected chi connectivity index (χ2v) is 6.64. The minimum Gasteiger partial charge on any atom is -0.465 e. The van der Waals surface area contributed by atoms with E-state index in [0.717, 1.165) is 36.7 Å². The minimum atomic E-state index is 0.253. The molecule has 0 radical (unpaired) electrons. The number of amides is 1. The van der Waals surface area contributed by atoms with Crippen molar-refractivity contribution in [1.29, 1.82) is 0 Å². The summed E-state index contributed by atoms with van der Waals surface area (Å²) < 4.78 is 5.68. The number of hydrogen-bond donors (Lipinski definition) is 0. The Balaban J connectivity index is 1.53. The number of fused-ring (bicyclic) bond motifs is 1. The third kappa shape index (κ3) is 2.21. The molecule has 0 saturated carbocycles. The van der Waals surface area contributed by atoms with Crippen molar-refractivity contribution in [2.24, 2.45) is 0 Å². The van der Waals surface area contributed by atoms with Gasteiger partial charge in [-0.25, -0.2) is 0 Å². The summed E-state index contributed by atoms with van der Waals surface area (Å²) in [6.45, 7) is 3.80. The zero-order valence-electron chi connectivity index (χ0n) is 12.0. The van der Waals surface area contributed by atoms with Crippen LogP contribution in [0.15, 0.2) is 33.4 Å². The largest absolute Gasteiger partial charge is 0.465 e. The SMILES string of the molecule is Cc1ccc(CN2CC[C@@H]3[C@@H]2CC(=O)N3c2ccsc2)o1. The Morgan fingerprint density at radius 2 is 2.24 bits per heavy atom. The molecule has 2 aromatic rings. The summed E-state index contributed by atoms with van der Waals surface area (Å²) >= 11 is 1.65. The smallest absolute Gasteiger partial charge is 0.228 e. The summed E-state index contributed by atoms with van der Waals surface area (Å²) in [4.78, 5) is 16.8. The molecular formula is C16H18N2O2S. The molecule has 0 N–H and O–H groups in total. The number of hydrogen-bond acceptors (Lipinski definition) is 4. The maximum absolute atomic E-state index is 12.4. The van der Waals surface area contributed by atoms with E-state index in [1.54, 1.807) is 11.3 Å². The average Bonchev–Trinajstić information content (AvgIpc) is 3.18. The van der Waals surface area contributed by atoms with Crippen LogP contribution in [0.4, 0.5) is 5.69 Å². The van der Waals surface area contributed by atoms with Crippen molar-refractivity contribution < 1.29 is 9.21 Å². The molecule has 0 spiro atoms. The number of nitrogens with zero attached hydrogens (tertiary/aromatic N) is 2. The van der Waals surface area contributed by atoms with E-state index in [1.165, 1.54) is 0 Å². The van der Waals surface area contributed by atoms with Gasteiger partial charge in [-0.3, -0.25) is 9.69 Å². The molecule has 110 valence electrons. The zero-order chi connectivity index (χ0) is 14.4. The van der Waals surface area contributed by atoms with Crippen LogP contribution in [-0.2, 0) is 11.3 Å². The number of carbonyl (C=O) groups is 1. The van der Waals surface area contributed by atoms with Gasteiger partial charge in [0.1, 0.15) is 11.5 Å². The summed E-state index contributed by atoms with van der Waals surface area (Å²) in [7, 11) is 0. The Morgan fingerprint density at radius 3 is 2.95 bits per heavy atom. The number of likely N-dealkylation sites (tertiary alicyclic amines) is 1. The number of carbonyl (C=O) groups excluding carboxylic acids is 1. The van der Waals surface area contributed by atoms with E-state index >= 15 is 0 Å². The van der Waals surface area contributed by atoms with Gasteiger partial charge in [0.05, 0.1) is 18.3 Å². The van der Waals surface area contributed by atoms with Gasteiger partial charge in [0, 0.05) is 24.4 Å². The van der Waals surface area contributed by atoms with Crippen molar-refractivity contribution in [3.05, 3.63) is 40.5 Å². The highest BCUT2D eigenvalue weighted by Crippen LogP contribution is 2.37. The van der Waals surface area contributed by atoms with Gasteiger partial charge >= 0.3 is 0 Å². The first-order valence-electron chi connectivity index (χ1n) is 7.36. The molecule has 4 heterocycles. The molecule has 0 aliphatic carbocycles. The standard InChI is InChI=1S/C16H18N2O2S/c1-11-2-3-13(20-11)9-17-6-4-14-15(17)8-16(19)18(14)12-5-7-21-10-12/h2-3,5,7,10,14-15H,4,6,8-9H2,1H3/t14-,15+/m1/s1. The highest BCUT2D eigenvalue weighted by molar-refractivity contribution is 7.08. The molecule has 0 unspecified atom stereocenters. The molecule has 2 atom stereocenters. The van der Waals surface area contributed by atoms with Gasteiger partial charge in [0.15, 0.2) is 0 Å². The first kappa shape index (κ1) is 13.1. The van der Waals surface area contributed by atoms with Crippen molar-refractivity contribution in [3.63, 3.8) is 0 Å². The lowest BCUT2D eigenvalue weighted by Crippen LogP contribution is -2.36. The van der Waals surface area contributed by atoms with Crippen LogP contribution < -0.4 is 4.90 Å². The van der Waals surface area contributed by atoms with Gasteiger partial charge in [-0.15, -0.1) is 0 Å². The van der Waals surface area contributed by atoms with Crippen molar-refractivity contribution in [1.82, 2.24) is 4.90 Å². The Hall–Kier alpha value is -1.59. The van der Waals surface area contributed by atoms with Crippen molar-refractivity contribution >= 4 is 22.9 Å². The first-order valence-corrected chi connectivity index (χ1v) is 8.30. The number of furan rings is 1. The van der Waals surface area contributed by atoms with Crippen LogP contribution >= 0.6 is 11.3 Å². The number of aryl methyl sites for hydroxylation is 1. The fourth-order valence-electron chi connectivity index (χ4n) is 3.62. The summed E-state index contributed by atoms with van der Waals surface area (Å²) in [6, 6.07) is 6.73. The van der Waals surface area contributed by atoms with E-state index in [2.05, 4.69) is 10.3 Å². The molecule has 2 fully saturated rings. The normalized spacial score (nSPS) is 25.8. The second-order valence-electron chi connectivity index (χ2n) is 5.86. The van der Waals surface area contributed by atoms with Gasteiger partial charge in [-0.05, 0) is 36.9 Å². The molecule has 2 aliphatic rings. The Kier molecular flexibility index (Phi) is 3.12. The maximum atomic E-state index is 12.4. The summed E-state index contributed by atoms with van der Waals surface area (Å²) in [5, 5.41) is 4.10. The lowest BCUT2D eigenvalue weighted by molar-refractivity contribution is -0.117. The van der Waals surface area contributed by atoms with Gasteiger partial charge in [0.2, 0.25) is 5.91 Å². The third-order valence-corrected chi connectivity index (χ3v) is 5.22. The van der Waals surface area contributed by atoms with E-state index in [9.17, 15) is 4.79 Å². The van der Waals surface area contributed by atoms with E-state index in [1.807, 2.05) is 35.4 Å². The summed E-state index contributed by atoms with van der Waals surface area (Å²) in [5.41, 5.74) is 1.06. The van der Waals surface area contributed by atoms with E-state index in [4.69, 9.17) is 4.42 Å². The Morgan fingerprint density at radius 1 is 1.33 bits per heavy atom. The molecular weight excluding hydrogens is 284 g/mol. The Bertz CT molecular complexity index is 649.